The molecule has 4 nitrogen and oxygen atoms in total. The molecule has 0 radical (unpaired) electrons. The van der Waals surface area contributed by atoms with Gasteiger partial charge in [-0.25, -0.2) is 0 Å². The molecule has 1 aliphatic rings. The van der Waals surface area contributed by atoms with Crippen LogP contribution in [0.1, 0.15) is 34.3 Å². The molecule has 1 heterocycles. The molecule has 0 spiro atoms. The van der Waals surface area contributed by atoms with E-state index in [1.807, 2.05) is 43.3 Å². The molecule has 2 aromatic carbocycles. The summed E-state index contributed by atoms with van der Waals surface area (Å²) in [6, 6.07) is 13.4. The molecule has 1 atom stereocenters. The highest BCUT2D eigenvalue weighted by Gasteiger charge is 2.27. The number of ether oxygens (including phenoxy) is 1. The van der Waals surface area contributed by atoms with Gasteiger partial charge in [0.1, 0.15) is 12.4 Å². The number of para-hydroxylation sites is 1. The van der Waals surface area contributed by atoms with Crippen LogP contribution in [-0.2, 0) is 6.54 Å². The van der Waals surface area contributed by atoms with E-state index in [0.29, 0.717) is 5.02 Å². The van der Waals surface area contributed by atoms with Crippen LogP contribution in [0.3, 0.4) is 0 Å². The number of carbonyl (C=O) groups is 1. The van der Waals surface area contributed by atoms with E-state index in [4.69, 9.17) is 21.4 Å². The van der Waals surface area contributed by atoms with E-state index in [9.17, 15) is 4.79 Å². The normalized spacial score (nSPS) is 17.7. The van der Waals surface area contributed by atoms with Gasteiger partial charge in [0, 0.05) is 35.2 Å². The van der Waals surface area contributed by atoms with Crippen molar-refractivity contribution in [1.82, 2.24) is 4.90 Å². The minimum atomic E-state index is -0.00489. The van der Waals surface area contributed by atoms with Crippen molar-refractivity contribution >= 4 is 17.4 Å². The summed E-state index contributed by atoms with van der Waals surface area (Å²) in [5, 5.41) is 9.66. The lowest BCUT2D eigenvalue weighted by Crippen LogP contribution is -2.38. The number of piperidine rings is 1. The molecule has 1 N–H and O–H groups in total. The first-order chi connectivity index (χ1) is 13.1. The summed E-state index contributed by atoms with van der Waals surface area (Å²) in [5.74, 6) is 1.01. The molecule has 0 aromatic heterocycles. The average Bonchev–Trinajstić information content (AvgIpc) is 2.67. The van der Waals surface area contributed by atoms with Crippen molar-refractivity contribution in [3.8, 4) is 5.75 Å². The van der Waals surface area contributed by atoms with Crippen molar-refractivity contribution < 1.29 is 14.6 Å². The standard InChI is InChI=1S/C22H26ClNO3/c1-16-13-19(23)8-9-20(16)22(26)18-6-4-10-24(15-18)14-17-5-2-3-7-21(17)27-12-11-25/h2-3,5,7-9,13,18,25H,4,6,10-12,14-15H2,1H3. The van der Waals surface area contributed by atoms with Gasteiger partial charge in [-0.2, -0.15) is 0 Å². The molecule has 3 rings (SSSR count). The van der Waals surface area contributed by atoms with E-state index in [1.54, 1.807) is 6.07 Å². The number of hydrogen-bond donors (Lipinski definition) is 1. The second kappa shape index (κ2) is 9.36. The highest BCUT2D eigenvalue weighted by molar-refractivity contribution is 6.30. The molecule has 2 aromatic rings. The number of aliphatic hydroxyl groups excluding tert-OH is 1. The van der Waals surface area contributed by atoms with Crippen LogP contribution in [0, 0.1) is 12.8 Å². The maximum absolute atomic E-state index is 13.0. The third-order valence-corrected chi connectivity index (χ3v) is 5.28. The fraction of sp³-hybridized carbons (Fsp3) is 0.409. The Morgan fingerprint density at radius 2 is 2.11 bits per heavy atom. The first kappa shape index (κ1) is 19.9. The van der Waals surface area contributed by atoms with Gasteiger partial charge in [0.15, 0.2) is 5.78 Å². The number of halogens is 1. The van der Waals surface area contributed by atoms with Crippen LogP contribution in [0.2, 0.25) is 5.02 Å². The minimum absolute atomic E-state index is 0.00384. The zero-order valence-corrected chi connectivity index (χ0v) is 16.4. The SMILES string of the molecule is Cc1cc(Cl)ccc1C(=O)C1CCCN(Cc2ccccc2OCCO)C1. The maximum Gasteiger partial charge on any atom is 0.167 e. The molecule has 27 heavy (non-hydrogen) atoms. The van der Waals surface area contributed by atoms with Gasteiger partial charge < -0.3 is 9.84 Å². The molecule has 1 saturated heterocycles. The van der Waals surface area contributed by atoms with E-state index in [1.165, 1.54) is 0 Å². The number of aryl methyl sites for hydroxylation is 1. The zero-order valence-electron chi connectivity index (χ0n) is 15.7. The van der Waals surface area contributed by atoms with Crippen molar-refractivity contribution in [2.45, 2.75) is 26.3 Å². The lowest BCUT2D eigenvalue weighted by atomic mass is 9.88. The van der Waals surface area contributed by atoms with Crippen LogP contribution >= 0.6 is 11.6 Å². The van der Waals surface area contributed by atoms with Gasteiger partial charge in [-0.3, -0.25) is 9.69 Å². The smallest absolute Gasteiger partial charge is 0.167 e. The van der Waals surface area contributed by atoms with E-state index < -0.39 is 0 Å². The highest BCUT2D eigenvalue weighted by atomic mass is 35.5. The fourth-order valence-corrected chi connectivity index (χ4v) is 3.94. The molecular weight excluding hydrogens is 362 g/mol. The van der Waals surface area contributed by atoms with Gasteiger partial charge in [-0.05, 0) is 56.1 Å². The molecule has 1 fully saturated rings. The number of nitrogens with zero attached hydrogens (tertiary/aromatic N) is 1. The van der Waals surface area contributed by atoms with Crippen LogP contribution < -0.4 is 4.74 Å². The fourth-order valence-electron chi connectivity index (χ4n) is 3.71. The van der Waals surface area contributed by atoms with E-state index in [-0.39, 0.29) is 24.9 Å². The monoisotopic (exact) mass is 387 g/mol. The molecular formula is C22H26ClNO3. The number of rotatable bonds is 7. The van der Waals surface area contributed by atoms with Crippen molar-refractivity contribution in [1.29, 1.82) is 0 Å². The Labute approximate surface area is 165 Å². The summed E-state index contributed by atoms with van der Waals surface area (Å²) in [5.41, 5.74) is 2.80. The molecule has 5 heteroatoms. The minimum Gasteiger partial charge on any atom is -0.491 e. The summed E-state index contributed by atoms with van der Waals surface area (Å²) in [6.45, 7) is 4.68. The number of Topliss-reactive ketones (excluding diaryl/α,β-unsaturated/α-hetero) is 1. The first-order valence-electron chi connectivity index (χ1n) is 9.42. The lowest BCUT2D eigenvalue weighted by Gasteiger charge is -2.32. The Bertz CT molecular complexity index is 793. The molecule has 0 amide bonds. The second-order valence-electron chi connectivity index (χ2n) is 7.08. The molecule has 1 aliphatic heterocycles. The summed E-state index contributed by atoms with van der Waals surface area (Å²) in [6.07, 6.45) is 1.92. The van der Waals surface area contributed by atoms with Gasteiger partial charge in [0.25, 0.3) is 0 Å². The van der Waals surface area contributed by atoms with Crippen LogP contribution in [0.15, 0.2) is 42.5 Å². The predicted octanol–water partition coefficient (Wildman–Crippen LogP) is 4.11. The van der Waals surface area contributed by atoms with Gasteiger partial charge in [0.05, 0.1) is 6.61 Å². The molecule has 0 saturated carbocycles. The Morgan fingerprint density at radius 3 is 2.89 bits per heavy atom. The Hall–Kier alpha value is -1.88. The Kier molecular flexibility index (Phi) is 6.89. The number of benzene rings is 2. The number of hydrogen-bond acceptors (Lipinski definition) is 4. The van der Waals surface area contributed by atoms with Crippen LogP contribution in [0.5, 0.6) is 5.75 Å². The number of carbonyl (C=O) groups excluding carboxylic acids is 1. The van der Waals surface area contributed by atoms with Crippen molar-refractivity contribution in [3.05, 3.63) is 64.2 Å². The summed E-state index contributed by atoms with van der Waals surface area (Å²) < 4.78 is 5.64. The third kappa shape index (κ3) is 5.10. The predicted molar refractivity (Wildman–Crippen MR) is 108 cm³/mol. The summed E-state index contributed by atoms with van der Waals surface area (Å²) in [7, 11) is 0. The molecule has 0 aliphatic carbocycles. The van der Waals surface area contributed by atoms with Gasteiger partial charge in [-0.15, -0.1) is 0 Å². The van der Waals surface area contributed by atoms with E-state index in [2.05, 4.69) is 4.90 Å². The lowest BCUT2D eigenvalue weighted by molar-refractivity contribution is 0.0809. The van der Waals surface area contributed by atoms with Crippen molar-refractivity contribution in [3.63, 3.8) is 0 Å². The van der Waals surface area contributed by atoms with Gasteiger partial charge >= 0.3 is 0 Å². The van der Waals surface area contributed by atoms with E-state index in [0.717, 1.165) is 54.9 Å². The van der Waals surface area contributed by atoms with Gasteiger partial charge in [0.2, 0.25) is 0 Å². The Morgan fingerprint density at radius 1 is 1.30 bits per heavy atom. The van der Waals surface area contributed by atoms with Crippen molar-refractivity contribution in [2.24, 2.45) is 5.92 Å². The number of ketones is 1. The van der Waals surface area contributed by atoms with Crippen LogP contribution in [-0.4, -0.2) is 42.1 Å². The largest absolute Gasteiger partial charge is 0.491 e. The maximum atomic E-state index is 13.0. The topological polar surface area (TPSA) is 49.8 Å². The first-order valence-corrected chi connectivity index (χ1v) is 9.80. The quantitative estimate of drug-likeness (QED) is 0.726. The Balaban J connectivity index is 1.69. The van der Waals surface area contributed by atoms with Crippen LogP contribution in [0.4, 0.5) is 0 Å². The second-order valence-corrected chi connectivity index (χ2v) is 7.51. The molecule has 0 bridgehead atoms. The zero-order chi connectivity index (χ0) is 19.2. The molecule has 144 valence electrons. The summed E-state index contributed by atoms with van der Waals surface area (Å²) >= 11 is 6.02. The third-order valence-electron chi connectivity index (χ3n) is 5.05. The number of aliphatic hydroxyl groups is 1. The van der Waals surface area contributed by atoms with Crippen molar-refractivity contribution in [2.75, 3.05) is 26.3 Å². The number of likely N-dealkylation sites (tertiary alicyclic amines) is 1. The van der Waals surface area contributed by atoms with E-state index >= 15 is 0 Å². The highest BCUT2D eigenvalue weighted by Crippen LogP contribution is 2.27. The van der Waals surface area contributed by atoms with Gasteiger partial charge in [-0.1, -0.05) is 29.8 Å². The summed E-state index contributed by atoms with van der Waals surface area (Å²) in [4.78, 5) is 15.3. The average molecular weight is 388 g/mol. The van der Waals surface area contributed by atoms with Crippen LogP contribution in [0.25, 0.3) is 0 Å². The molecule has 1 unspecified atom stereocenters.